The average molecular weight is 341 g/mol. The van der Waals surface area contributed by atoms with E-state index in [2.05, 4.69) is 5.32 Å². The molecule has 5 heteroatoms. The number of hydrogen-bond acceptors (Lipinski definition) is 3. The maximum Gasteiger partial charge on any atom is 0.335 e. The van der Waals surface area contributed by atoms with Gasteiger partial charge in [-0.3, -0.25) is 4.79 Å². The van der Waals surface area contributed by atoms with Gasteiger partial charge in [0.05, 0.1) is 12.1 Å². The molecule has 2 aromatic carbocycles. The van der Waals surface area contributed by atoms with Crippen LogP contribution in [0.3, 0.4) is 0 Å². The van der Waals surface area contributed by atoms with Crippen molar-refractivity contribution in [3.05, 3.63) is 65.2 Å². The lowest BCUT2D eigenvalue weighted by atomic mass is 10.0. The molecule has 0 fully saturated rings. The van der Waals surface area contributed by atoms with Crippen molar-refractivity contribution in [3.8, 4) is 5.75 Å². The summed E-state index contributed by atoms with van der Waals surface area (Å²) in [7, 11) is 0. The third-order valence-electron chi connectivity index (χ3n) is 3.88. The number of carbonyl (C=O) groups is 2. The second kappa shape index (κ2) is 8.87. The number of para-hydroxylation sites is 1. The topological polar surface area (TPSA) is 75.6 Å². The van der Waals surface area contributed by atoms with E-state index in [0.29, 0.717) is 18.5 Å². The summed E-state index contributed by atoms with van der Waals surface area (Å²) in [5, 5.41) is 12.0. The van der Waals surface area contributed by atoms with E-state index in [-0.39, 0.29) is 24.0 Å². The van der Waals surface area contributed by atoms with Crippen LogP contribution in [0, 0.1) is 6.92 Å². The Labute approximate surface area is 147 Å². The maximum absolute atomic E-state index is 12.0. The molecule has 0 aromatic heterocycles. The van der Waals surface area contributed by atoms with Crippen molar-refractivity contribution in [1.29, 1.82) is 0 Å². The van der Waals surface area contributed by atoms with Crippen molar-refractivity contribution in [1.82, 2.24) is 5.32 Å². The molecule has 1 amide bonds. The molecule has 2 rings (SSSR count). The van der Waals surface area contributed by atoms with Crippen LogP contribution in [-0.4, -0.2) is 29.6 Å². The normalized spacial score (nSPS) is 11.6. The molecule has 0 saturated heterocycles. The zero-order chi connectivity index (χ0) is 18.2. The number of rotatable bonds is 8. The summed E-state index contributed by atoms with van der Waals surface area (Å²) in [6, 6.07) is 14.5. The molecule has 2 N–H and O–H groups in total. The summed E-state index contributed by atoms with van der Waals surface area (Å²) in [5.74, 6) is -0.295. The third-order valence-corrected chi connectivity index (χ3v) is 3.88. The van der Waals surface area contributed by atoms with Crippen LogP contribution in [-0.2, 0) is 11.2 Å². The second-order valence-electron chi connectivity index (χ2n) is 5.96. The lowest BCUT2D eigenvalue weighted by Gasteiger charge is -2.17. The van der Waals surface area contributed by atoms with Gasteiger partial charge in [0.1, 0.15) is 11.9 Å². The molecule has 0 bridgehead atoms. The van der Waals surface area contributed by atoms with Gasteiger partial charge in [0.2, 0.25) is 5.91 Å². The highest BCUT2D eigenvalue weighted by Crippen LogP contribution is 2.17. The molecule has 0 saturated carbocycles. The monoisotopic (exact) mass is 341 g/mol. The molecular formula is C20H23NO4. The largest absolute Gasteiger partial charge is 0.489 e. The molecule has 1 atom stereocenters. The Morgan fingerprint density at radius 2 is 1.80 bits per heavy atom. The predicted octanol–water partition coefficient (Wildman–Crippen LogP) is 3.21. The lowest BCUT2D eigenvalue weighted by Crippen LogP contribution is -2.33. The summed E-state index contributed by atoms with van der Waals surface area (Å²) in [4.78, 5) is 23.2. The first-order chi connectivity index (χ1) is 12.0. The number of aryl methyl sites for hydroxylation is 2. The summed E-state index contributed by atoms with van der Waals surface area (Å²) >= 11 is 0. The van der Waals surface area contributed by atoms with Crippen molar-refractivity contribution in [2.75, 3.05) is 6.54 Å². The standard InChI is InChI=1S/C20H23NO4/c1-14-7-3-6-10-18(14)25-15(2)13-21-19(22)12-11-16-8-4-5-9-17(16)20(23)24/h3-10,15H,11-13H2,1-2H3,(H,21,22)(H,23,24). The van der Waals surface area contributed by atoms with Gasteiger partial charge in [-0.1, -0.05) is 36.4 Å². The average Bonchev–Trinajstić information content (AvgIpc) is 2.60. The minimum Gasteiger partial charge on any atom is -0.489 e. The van der Waals surface area contributed by atoms with E-state index in [1.165, 1.54) is 0 Å². The molecule has 0 aliphatic carbocycles. The van der Waals surface area contributed by atoms with E-state index in [1.54, 1.807) is 24.3 Å². The number of carboxylic acid groups (broad SMARTS) is 1. The van der Waals surface area contributed by atoms with Gasteiger partial charge in [0.25, 0.3) is 0 Å². The minimum absolute atomic E-state index is 0.125. The maximum atomic E-state index is 12.0. The van der Waals surface area contributed by atoms with Gasteiger partial charge in [-0.15, -0.1) is 0 Å². The Morgan fingerprint density at radius 1 is 1.12 bits per heavy atom. The molecule has 0 aliphatic rings. The van der Waals surface area contributed by atoms with E-state index in [9.17, 15) is 9.59 Å². The molecule has 5 nitrogen and oxygen atoms in total. The van der Waals surface area contributed by atoms with Crippen LogP contribution in [0.1, 0.15) is 34.8 Å². The molecule has 25 heavy (non-hydrogen) atoms. The van der Waals surface area contributed by atoms with Gasteiger partial charge in [-0.2, -0.15) is 0 Å². The summed E-state index contributed by atoms with van der Waals surface area (Å²) in [5.41, 5.74) is 1.95. The number of amides is 1. The Morgan fingerprint density at radius 3 is 2.52 bits per heavy atom. The first-order valence-corrected chi connectivity index (χ1v) is 8.27. The van der Waals surface area contributed by atoms with Gasteiger partial charge in [0.15, 0.2) is 0 Å². The molecule has 2 aromatic rings. The van der Waals surface area contributed by atoms with Crippen molar-refractivity contribution >= 4 is 11.9 Å². The quantitative estimate of drug-likeness (QED) is 0.773. The SMILES string of the molecule is Cc1ccccc1OC(C)CNC(=O)CCc1ccccc1C(=O)O. The lowest BCUT2D eigenvalue weighted by molar-refractivity contribution is -0.121. The smallest absolute Gasteiger partial charge is 0.335 e. The Kier molecular flexibility index (Phi) is 6.57. The summed E-state index contributed by atoms with van der Waals surface area (Å²) < 4.78 is 5.82. The molecule has 0 heterocycles. The van der Waals surface area contributed by atoms with Gasteiger partial charge in [-0.25, -0.2) is 4.79 Å². The fourth-order valence-electron chi connectivity index (χ4n) is 2.49. The summed E-state index contributed by atoms with van der Waals surface area (Å²) in [6.07, 6.45) is 0.472. The van der Waals surface area contributed by atoms with Crippen LogP contribution in [0.5, 0.6) is 5.75 Å². The first-order valence-electron chi connectivity index (χ1n) is 8.27. The molecular weight excluding hydrogens is 318 g/mol. The number of carboxylic acids is 1. The van der Waals surface area contributed by atoms with Gasteiger partial charge >= 0.3 is 5.97 Å². The number of aromatic carboxylic acids is 1. The van der Waals surface area contributed by atoms with Crippen LogP contribution in [0.25, 0.3) is 0 Å². The zero-order valence-corrected chi connectivity index (χ0v) is 14.5. The predicted molar refractivity (Wildman–Crippen MR) is 96.0 cm³/mol. The molecule has 132 valence electrons. The highest BCUT2D eigenvalue weighted by molar-refractivity contribution is 5.89. The van der Waals surface area contributed by atoms with Crippen molar-refractivity contribution in [3.63, 3.8) is 0 Å². The van der Waals surface area contributed by atoms with Gasteiger partial charge < -0.3 is 15.2 Å². The van der Waals surface area contributed by atoms with Crippen molar-refractivity contribution in [2.45, 2.75) is 32.8 Å². The Balaban J connectivity index is 1.79. The van der Waals surface area contributed by atoms with Crippen LogP contribution in [0.2, 0.25) is 0 Å². The zero-order valence-electron chi connectivity index (χ0n) is 14.5. The van der Waals surface area contributed by atoms with E-state index in [0.717, 1.165) is 11.3 Å². The van der Waals surface area contributed by atoms with Crippen LogP contribution < -0.4 is 10.1 Å². The third kappa shape index (κ3) is 5.64. The summed E-state index contributed by atoms with van der Waals surface area (Å²) in [6.45, 7) is 4.26. The fraction of sp³-hybridized carbons (Fsp3) is 0.300. The second-order valence-corrected chi connectivity index (χ2v) is 5.96. The Bertz CT molecular complexity index is 742. The minimum atomic E-state index is -0.976. The molecule has 1 unspecified atom stereocenters. The number of ether oxygens (including phenoxy) is 1. The van der Waals surface area contributed by atoms with E-state index in [4.69, 9.17) is 9.84 Å². The van der Waals surface area contributed by atoms with Crippen LogP contribution in [0.4, 0.5) is 0 Å². The fourth-order valence-corrected chi connectivity index (χ4v) is 2.49. The first kappa shape index (κ1) is 18.5. The van der Waals surface area contributed by atoms with Crippen molar-refractivity contribution in [2.24, 2.45) is 0 Å². The highest BCUT2D eigenvalue weighted by Gasteiger charge is 2.12. The van der Waals surface area contributed by atoms with Crippen molar-refractivity contribution < 1.29 is 19.4 Å². The van der Waals surface area contributed by atoms with Crippen LogP contribution in [0.15, 0.2) is 48.5 Å². The molecule has 0 aliphatic heterocycles. The van der Waals surface area contributed by atoms with Crippen LogP contribution >= 0.6 is 0 Å². The van der Waals surface area contributed by atoms with Gasteiger partial charge in [-0.05, 0) is 43.5 Å². The van der Waals surface area contributed by atoms with E-state index in [1.807, 2.05) is 38.1 Å². The Hall–Kier alpha value is -2.82. The number of carbonyl (C=O) groups excluding carboxylic acids is 1. The van der Waals surface area contributed by atoms with E-state index >= 15 is 0 Å². The highest BCUT2D eigenvalue weighted by atomic mass is 16.5. The number of nitrogens with one attached hydrogen (secondary N) is 1. The molecule has 0 radical (unpaired) electrons. The number of hydrogen-bond donors (Lipinski definition) is 2. The van der Waals surface area contributed by atoms with E-state index < -0.39 is 5.97 Å². The number of benzene rings is 2. The van der Waals surface area contributed by atoms with Gasteiger partial charge in [0, 0.05) is 6.42 Å². The molecule has 0 spiro atoms.